The second-order valence-electron chi connectivity index (χ2n) is 8.38. The van der Waals surface area contributed by atoms with E-state index in [0.717, 1.165) is 16.0 Å². The number of anilines is 2. The van der Waals surface area contributed by atoms with Crippen molar-refractivity contribution >= 4 is 46.6 Å². The van der Waals surface area contributed by atoms with Gasteiger partial charge in [-0.3, -0.25) is 9.59 Å². The van der Waals surface area contributed by atoms with E-state index in [-0.39, 0.29) is 18.2 Å². The second-order valence-corrected chi connectivity index (χ2v) is 9.99. The number of rotatable bonds is 10. The SMILES string of the molecule is COc1cc(NC(=O)C(Sc2cccc(NC(=O)Cc3ccc(Cl)cc3)c2)c2ccccc2)cc(OC)c1. The number of hydrogen-bond acceptors (Lipinski definition) is 5. The standard InChI is InChI=1S/C30H27ClN2O4S/c1-36-25-16-24(17-26(19-25)37-2)33-30(35)29(21-7-4-3-5-8-21)38-27-10-6-9-23(18-27)32-28(34)15-20-11-13-22(31)14-12-20/h3-14,16-19,29H,15H2,1-2H3,(H,32,34)(H,33,35). The largest absolute Gasteiger partial charge is 0.497 e. The maximum absolute atomic E-state index is 13.5. The number of halogens is 1. The van der Waals surface area contributed by atoms with Crippen molar-refractivity contribution in [3.05, 3.63) is 113 Å². The van der Waals surface area contributed by atoms with Crippen LogP contribution in [-0.4, -0.2) is 26.0 Å². The Bertz CT molecular complexity index is 1380. The third-order valence-corrected chi connectivity index (χ3v) is 7.11. The zero-order valence-electron chi connectivity index (χ0n) is 20.9. The van der Waals surface area contributed by atoms with E-state index in [1.807, 2.05) is 66.7 Å². The summed E-state index contributed by atoms with van der Waals surface area (Å²) >= 11 is 7.33. The van der Waals surface area contributed by atoms with Crippen molar-refractivity contribution in [2.75, 3.05) is 24.9 Å². The van der Waals surface area contributed by atoms with Crippen LogP contribution in [0.2, 0.25) is 5.02 Å². The second kappa shape index (κ2) is 13.0. The molecule has 38 heavy (non-hydrogen) atoms. The van der Waals surface area contributed by atoms with Crippen molar-refractivity contribution in [1.82, 2.24) is 0 Å². The Morgan fingerprint density at radius 1 is 0.789 bits per heavy atom. The van der Waals surface area contributed by atoms with Crippen LogP contribution in [0.3, 0.4) is 0 Å². The van der Waals surface area contributed by atoms with E-state index in [9.17, 15) is 9.59 Å². The fourth-order valence-electron chi connectivity index (χ4n) is 3.76. The summed E-state index contributed by atoms with van der Waals surface area (Å²) in [6, 6.07) is 29.4. The zero-order valence-corrected chi connectivity index (χ0v) is 22.5. The Kier molecular flexibility index (Phi) is 9.30. The van der Waals surface area contributed by atoms with Gasteiger partial charge < -0.3 is 20.1 Å². The summed E-state index contributed by atoms with van der Waals surface area (Å²) < 4.78 is 10.7. The van der Waals surface area contributed by atoms with E-state index in [1.165, 1.54) is 11.8 Å². The number of benzene rings is 4. The molecule has 0 heterocycles. The summed E-state index contributed by atoms with van der Waals surface area (Å²) in [5.74, 6) is 0.809. The quantitative estimate of drug-likeness (QED) is 0.209. The van der Waals surface area contributed by atoms with E-state index >= 15 is 0 Å². The van der Waals surface area contributed by atoms with Gasteiger partial charge in [-0.2, -0.15) is 0 Å². The van der Waals surface area contributed by atoms with Gasteiger partial charge in [-0.05, 0) is 41.5 Å². The molecule has 0 radical (unpaired) electrons. The van der Waals surface area contributed by atoms with Crippen LogP contribution in [0.5, 0.6) is 11.5 Å². The summed E-state index contributed by atoms with van der Waals surface area (Å²) in [5.41, 5.74) is 2.93. The van der Waals surface area contributed by atoms with Crippen molar-refractivity contribution in [1.29, 1.82) is 0 Å². The molecule has 1 unspecified atom stereocenters. The number of methoxy groups -OCH3 is 2. The van der Waals surface area contributed by atoms with Crippen LogP contribution < -0.4 is 20.1 Å². The monoisotopic (exact) mass is 546 g/mol. The molecule has 4 rings (SSSR count). The van der Waals surface area contributed by atoms with E-state index in [4.69, 9.17) is 21.1 Å². The van der Waals surface area contributed by atoms with E-state index in [0.29, 0.717) is 27.9 Å². The summed E-state index contributed by atoms with van der Waals surface area (Å²) in [7, 11) is 3.12. The Hall–Kier alpha value is -3.94. The van der Waals surface area contributed by atoms with Gasteiger partial charge >= 0.3 is 0 Å². The molecule has 0 aliphatic rings. The van der Waals surface area contributed by atoms with Crippen LogP contribution in [0.1, 0.15) is 16.4 Å². The molecular weight excluding hydrogens is 520 g/mol. The highest BCUT2D eigenvalue weighted by atomic mass is 35.5. The van der Waals surface area contributed by atoms with Gasteiger partial charge in [0.15, 0.2) is 0 Å². The van der Waals surface area contributed by atoms with Crippen LogP contribution in [0.4, 0.5) is 11.4 Å². The minimum absolute atomic E-state index is 0.140. The molecule has 0 fully saturated rings. The van der Waals surface area contributed by atoms with Crippen LogP contribution in [0.25, 0.3) is 0 Å². The van der Waals surface area contributed by atoms with Gasteiger partial charge in [0.05, 0.1) is 20.6 Å². The Morgan fingerprint density at radius 2 is 1.47 bits per heavy atom. The highest BCUT2D eigenvalue weighted by Gasteiger charge is 2.23. The molecule has 0 aliphatic heterocycles. The van der Waals surface area contributed by atoms with Gasteiger partial charge in [0.25, 0.3) is 0 Å². The lowest BCUT2D eigenvalue weighted by atomic mass is 10.1. The number of thioether (sulfide) groups is 1. The minimum Gasteiger partial charge on any atom is -0.497 e. The van der Waals surface area contributed by atoms with Crippen molar-refractivity contribution in [2.45, 2.75) is 16.6 Å². The first-order valence-corrected chi connectivity index (χ1v) is 13.1. The maximum atomic E-state index is 13.5. The van der Waals surface area contributed by atoms with Gasteiger partial charge in [-0.25, -0.2) is 0 Å². The molecule has 0 bridgehead atoms. The summed E-state index contributed by atoms with van der Waals surface area (Å²) in [4.78, 5) is 27.0. The highest BCUT2D eigenvalue weighted by molar-refractivity contribution is 8.00. The maximum Gasteiger partial charge on any atom is 0.242 e. The molecule has 0 saturated carbocycles. The third kappa shape index (κ3) is 7.54. The minimum atomic E-state index is -0.548. The predicted molar refractivity (Wildman–Crippen MR) is 153 cm³/mol. The summed E-state index contributed by atoms with van der Waals surface area (Å²) in [6.45, 7) is 0. The molecule has 8 heteroatoms. The molecule has 2 amide bonds. The number of ether oxygens (including phenoxy) is 2. The molecule has 0 aromatic heterocycles. The Balaban J connectivity index is 1.51. The van der Waals surface area contributed by atoms with Gasteiger partial charge in [0.1, 0.15) is 16.7 Å². The van der Waals surface area contributed by atoms with Gasteiger partial charge in [0.2, 0.25) is 11.8 Å². The molecule has 194 valence electrons. The lowest BCUT2D eigenvalue weighted by molar-refractivity contribution is -0.116. The number of carbonyl (C=O) groups is 2. The van der Waals surface area contributed by atoms with E-state index < -0.39 is 5.25 Å². The van der Waals surface area contributed by atoms with Crippen LogP contribution >= 0.6 is 23.4 Å². The first kappa shape index (κ1) is 27.1. The Morgan fingerprint density at radius 3 is 2.13 bits per heavy atom. The molecule has 4 aromatic rings. The summed E-state index contributed by atoms with van der Waals surface area (Å²) in [5, 5.41) is 6.01. The lowest BCUT2D eigenvalue weighted by Crippen LogP contribution is -2.19. The van der Waals surface area contributed by atoms with E-state index in [1.54, 1.807) is 44.6 Å². The average Bonchev–Trinajstić information content (AvgIpc) is 2.93. The topological polar surface area (TPSA) is 76.7 Å². The van der Waals surface area contributed by atoms with Crippen molar-refractivity contribution in [3.63, 3.8) is 0 Å². The van der Waals surface area contributed by atoms with Crippen molar-refractivity contribution < 1.29 is 19.1 Å². The fourth-order valence-corrected chi connectivity index (χ4v) is 4.97. The zero-order chi connectivity index (χ0) is 26.9. The fraction of sp³-hybridized carbons (Fsp3) is 0.133. The Labute approximate surface area is 231 Å². The average molecular weight is 547 g/mol. The predicted octanol–water partition coefficient (Wildman–Crippen LogP) is 7.01. The molecule has 1 atom stereocenters. The first-order chi connectivity index (χ1) is 18.4. The smallest absolute Gasteiger partial charge is 0.242 e. The molecule has 2 N–H and O–H groups in total. The molecule has 0 saturated heterocycles. The summed E-state index contributed by atoms with van der Waals surface area (Å²) in [6.07, 6.45) is 0.230. The van der Waals surface area contributed by atoms with Crippen LogP contribution in [0, 0.1) is 0 Å². The molecular formula is C30H27ClN2O4S. The molecule has 6 nitrogen and oxygen atoms in total. The van der Waals surface area contributed by atoms with Gasteiger partial charge in [0, 0.05) is 39.5 Å². The third-order valence-electron chi connectivity index (χ3n) is 5.61. The van der Waals surface area contributed by atoms with Gasteiger partial charge in [-0.1, -0.05) is 60.1 Å². The number of hydrogen-bond donors (Lipinski definition) is 2. The lowest BCUT2D eigenvalue weighted by Gasteiger charge is -2.18. The number of carbonyl (C=O) groups excluding carboxylic acids is 2. The van der Waals surface area contributed by atoms with Crippen LogP contribution in [0.15, 0.2) is 102 Å². The van der Waals surface area contributed by atoms with Crippen molar-refractivity contribution in [2.24, 2.45) is 0 Å². The first-order valence-electron chi connectivity index (χ1n) is 11.8. The molecule has 0 aliphatic carbocycles. The molecule has 4 aromatic carbocycles. The highest BCUT2D eigenvalue weighted by Crippen LogP contribution is 2.38. The van der Waals surface area contributed by atoms with Crippen LogP contribution in [-0.2, 0) is 16.0 Å². The van der Waals surface area contributed by atoms with E-state index in [2.05, 4.69) is 10.6 Å². The molecule has 0 spiro atoms. The normalized spacial score (nSPS) is 11.3. The van der Waals surface area contributed by atoms with Crippen molar-refractivity contribution in [3.8, 4) is 11.5 Å². The van der Waals surface area contributed by atoms with Gasteiger partial charge in [-0.15, -0.1) is 11.8 Å². The number of amides is 2. The number of nitrogens with one attached hydrogen (secondary N) is 2.